The molecular weight excluding hydrogens is 405 g/mol. The number of benzene rings is 1. The molecule has 0 saturated carbocycles. The van der Waals surface area contributed by atoms with Crippen LogP contribution in [0.5, 0.6) is 5.75 Å². The smallest absolute Gasteiger partial charge is 0.269 e. The molecule has 0 saturated heterocycles. The van der Waals surface area contributed by atoms with E-state index in [0.29, 0.717) is 40.8 Å². The first-order valence-electron chi connectivity index (χ1n) is 9.66. The van der Waals surface area contributed by atoms with Gasteiger partial charge in [-0.25, -0.2) is 14.4 Å². The van der Waals surface area contributed by atoms with Gasteiger partial charge in [0.25, 0.3) is 5.91 Å². The number of carbonyl (C=O) groups is 1. The average Bonchev–Trinajstić information content (AvgIpc) is 3.34. The predicted octanol–water partition coefficient (Wildman–Crippen LogP) is 3.03. The van der Waals surface area contributed by atoms with Crippen LogP contribution in [-0.4, -0.2) is 44.6 Å². The molecule has 7 nitrogen and oxygen atoms in total. The van der Waals surface area contributed by atoms with Crippen LogP contribution in [0, 0.1) is 5.82 Å². The summed E-state index contributed by atoms with van der Waals surface area (Å²) in [4.78, 5) is 21.2. The molecule has 0 bridgehead atoms. The third-order valence-corrected chi connectivity index (χ3v) is 5.53. The van der Waals surface area contributed by atoms with Gasteiger partial charge in [0, 0.05) is 30.8 Å². The van der Waals surface area contributed by atoms with Gasteiger partial charge < -0.3 is 10.1 Å². The van der Waals surface area contributed by atoms with Crippen molar-refractivity contribution in [1.82, 2.24) is 25.1 Å². The number of hydrogen-bond donors (Lipinski definition) is 1. The minimum atomic E-state index is -0.344. The molecule has 0 spiro atoms. The van der Waals surface area contributed by atoms with Crippen LogP contribution >= 0.6 is 11.8 Å². The number of ether oxygens (including phenoxy) is 1. The number of thioether (sulfide) groups is 1. The van der Waals surface area contributed by atoms with Crippen LogP contribution in [0.1, 0.15) is 28.7 Å². The average molecular weight is 428 g/mol. The zero-order chi connectivity index (χ0) is 21.3. The van der Waals surface area contributed by atoms with Gasteiger partial charge in [0.1, 0.15) is 23.4 Å². The highest BCUT2D eigenvalue weighted by Gasteiger charge is 2.28. The summed E-state index contributed by atoms with van der Waals surface area (Å²) in [7, 11) is 1.75. The third-order valence-electron chi connectivity index (χ3n) is 4.97. The number of nitrogens with zero attached hydrogens (tertiary/aromatic N) is 4. The van der Waals surface area contributed by atoms with Gasteiger partial charge in [-0.15, -0.1) is 0 Å². The summed E-state index contributed by atoms with van der Waals surface area (Å²) in [5, 5.41) is 7.81. The number of fused-ring (bicyclic) bond motifs is 1. The lowest BCUT2D eigenvalue weighted by atomic mass is 10.0. The quantitative estimate of drug-likeness (QED) is 0.481. The molecule has 1 amide bonds. The monoisotopic (exact) mass is 427 g/mol. The summed E-state index contributed by atoms with van der Waals surface area (Å²) in [6.07, 6.45) is 4.52. The van der Waals surface area contributed by atoms with E-state index < -0.39 is 0 Å². The Morgan fingerprint density at radius 1 is 1.40 bits per heavy atom. The molecule has 30 heavy (non-hydrogen) atoms. The van der Waals surface area contributed by atoms with Crippen molar-refractivity contribution in [2.45, 2.75) is 31.0 Å². The highest BCUT2D eigenvalue weighted by atomic mass is 32.2. The maximum atomic E-state index is 14.2. The molecule has 1 N–H and O–H groups in total. The summed E-state index contributed by atoms with van der Waals surface area (Å²) in [6, 6.07) is 6.42. The molecule has 0 radical (unpaired) electrons. The van der Waals surface area contributed by atoms with E-state index in [2.05, 4.69) is 20.4 Å². The summed E-state index contributed by atoms with van der Waals surface area (Å²) in [5.74, 6) is 0.0506. The van der Waals surface area contributed by atoms with Crippen molar-refractivity contribution in [2.75, 3.05) is 12.8 Å². The predicted molar refractivity (Wildman–Crippen MR) is 112 cm³/mol. The maximum Gasteiger partial charge on any atom is 0.269 e. The Kier molecular flexibility index (Phi) is 5.72. The minimum absolute atomic E-state index is 0.212. The molecule has 1 aromatic carbocycles. The van der Waals surface area contributed by atoms with Crippen molar-refractivity contribution in [3.05, 3.63) is 53.2 Å². The molecule has 0 unspecified atom stereocenters. The first-order valence-corrected chi connectivity index (χ1v) is 10.9. The highest BCUT2D eigenvalue weighted by molar-refractivity contribution is 7.98. The fourth-order valence-electron chi connectivity index (χ4n) is 3.50. The molecule has 2 aromatic heterocycles. The Morgan fingerprint density at radius 2 is 2.23 bits per heavy atom. The Labute approximate surface area is 178 Å². The molecule has 0 aliphatic carbocycles. The summed E-state index contributed by atoms with van der Waals surface area (Å²) < 4.78 is 21.9. The number of carbonyl (C=O) groups excluding carboxylic acids is 1. The van der Waals surface area contributed by atoms with Gasteiger partial charge in [0.05, 0.1) is 17.9 Å². The van der Waals surface area contributed by atoms with Gasteiger partial charge in [-0.1, -0.05) is 18.7 Å². The van der Waals surface area contributed by atoms with E-state index in [9.17, 15) is 9.18 Å². The Bertz CT molecular complexity index is 1100. The Morgan fingerprint density at radius 3 is 2.97 bits per heavy atom. The SMILES string of the molecule is CCc1cc(C(=O)NC[C@H]2Cc3cc(F)cc(-c4ccnc(SC)n4)c3O2)n(C)n1. The van der Waals surface area contributed by atoms with Gasteiger partial charge in [-0.2, -0.15) is 5.10 Å². The lowest BCUT2D eigenvalue weighted by Gasteiger charge is -2.13. The third kappa shape index (κ3) is 4.02. The topological polar surface area (TPSA) is 81.9 Å². The van der Waals surface area contributed by atoms with Crippen LogP contribution < -0.4 is 10.1 Å². The number of amides is 1. The standard InChI is InChI=1S/C21H22FN5O2S/c1-4-14-10-18(27(2)26-14)20(28)24-11-15-8-12-7-13(22)9-16(19(12)29-15)17-5-6-23-21(25-17)30-3/h5-7,9-10,15H,4,8,11H2,1-3H3,(H,24,28)/t15-/m1/s1. The largest absolute Gasteiger partial charge is 0.487 e. The molecule has 3 aromatic rings. The van der Waals surface area contributed by atoms with E-state index in [1.807, 2.05) is 13.2 Å². The number of rotatable bonds is 6. The number of aromatic nitrogens is 4. The van der Waals surface area contributed by atoms with Crippen LogP contribution in [0.2, 0.25) is 0 Å². The second-order valence-electron chi connectivity index (χ2n) is 7.02. The van der Waals surface area contributed by atoms with E-state index in [-0.39, 0.29) is 17.8 Å². The lowest BCUT2D eigenvalue weighted by molar-refractivity contribution is 0.0924. The van der Waals surface area contributed by atoms with Crippen molar-refractivity contribution < 1.29 is 13.9 Å². The zero-order valence-corrected chi connectivity index (χ0v) is 17.8. The van der Waals surface area contributed by atoms with Crippen molar-refractivity contribution in [2.24, 2.45) is 7.05 Å². The lowest BCUT2D eigenvalue weighted by Crippen LogP contribution is -2.35. The number of nitrogens with one attached hydrogen (secondary N) is 1. The van der Waals surface area contributed by atoms with Gasteiger partial charge in [0.15, 0.2) is 5.16 Å². The van der Waals surface area contributed by atoms with Gasteiger partial charge in [-0.3, -0.25) is 9.48 Å². The van der Waals surface area contributed by atoms with E-state index in [1.165, 1.54) is 23.9 Å². The molecule has 1 atom stereocenters. The fourth-order valence-corrected chi connectivity index (χ4v) is 3.85. The van der Waals surface area contributed by atoms with Crippen LogP contribution in [0.25, 0.3) is 11.3 Å². The normalized spacial score (nSPS) is 15.0. The molecule has 0 fully saturated rings. The van der Waals surface area contributed by atoms with Gasteiger partial charge >= 0.3 is 0 Å². The number of hydrogen-bond acceptors (Lipinski definition) is 6. The van der Waals surface area contributed by atoms with E-state index in [4.69, 9.17) is 4.74 Å². The molecule has 3 heterocycles. The van der Waals surface area contributed by atoms with E-state index in [0.717, 1.165) is 17.7 Å². The van der Waals surface area contributed by atoms with Crippen molar-refractivity contribution >= 4 is 17.7 Å². The second kappa shape index (κ2) is 8.43. The molecular formula is C21H22FN5O2S. The second-order valence-corrected chi connectivity index (χ2v) is 7.80. The molecule has 1 aliphatic heterocycles. The summed E-state index contributed by atoms with van der Waals surface area (Å²) >= 11 is 1.42. The highest BCUT2D eigenvalue weighted by Crippen LogP contribution is 2.39. The van der Waals surface area contributed by atoms with Crippen molar-refractivity contribution in [3.8, 4) is 17.0 Å². The molecule has 156 valence electrons. The molecule has 9 heteroatoms. The Hall–Kier alpha value is -2.94. The summed E-state index contributed by atoms with van der Waals surface area (Å²) in [6.45, 7) is 2.30. The van der Waals surface area contributed by atoms with Crippen LogP contribution in [0.4, 0.5) is 4.39 Å². The van der Waals surface area contributed by atoms with Crippen molar-refractivity contribution in [3.63, 3.8) is 0 Å². The molecule has 1 aliphatic rings. The first kappa shape index (κ1) is 20.3. The minimum Gasteiger partial charge on any atom is -0.487 e. The maximum absolute atomic E-state index is 14.2. The van der Waals surface area contributed by atoms with E-state index >= 15 is 0 Å². The van der Waals surface area contributed by atoms with Crippen LogP contribution in [-0.2, 0) is 19.9 Å². The summed E-state index contributed by atoms with van der Waals surface area (Å²) in [5.41, 5.74) is 3.33. The Balaban J connectivity index is 1.50. The number of aryl methyl sites for hydroxylation is 2. The van der Waals surface area contributed by atoms with E-state index in [1.54, 1.807) is 30.1 Å². The first-order chi connectivity index (χ1) is 14.5. The van der Waals surface area contributed by atoms with Gasteiger partial charge in [-0.05, 0) is 36.9 Å². The zero-order valence-electron chi connectivity index (χ0n) is 17.0. The number of halogens is 1. The fraction of sp³-hybridized carbons (Fsp3) is 0.333. The van der Waals surface area contributed by atoms with Crippen molar-refractivity contribution in [1.29, 1.82) is 0 Å². The van der Waals surface area contributed by atoms with Crippen LogP contribution in [0.3, 0.4) is 0 Å². The molecule has 4 rings (SSSR count). The van der Waals surface area contributed by atoms with Gasteiger partial charge in [0.2, 0.25) is 0 Å². The van der Waals surface area contributed by atoms with Crippen LogP contribution in [0.15, 0.2) is 35.6 Å².